The summed E-state index contributed by atoms with van der Waals surface area (Å²) in [6.45, 7) is 0.350. The molecule has 1 aromatic carbocycles. The van der Waals surface area contributed by atoms with Crippen molar-refractivity contribution in [3.05, 3.63) is 59.9 Å². The van der Waals surface area contributed by atoms with Crippen LogP contribution in [0.15, 0.2) is 42.7 Å². The summed E-state index contributed by atoms with van der Waals surface area (Å²) in [4.78, 5) is 30.8. The number of halogens is 2. The van der Waals surface area contributed by atoms with Gasteiger partial charge in [0.05, 0.1) is 10.8 Å². The number of carbonyl (C=O) groups excluding carboxylic acids is 2. The Morgan fingerprint density at radius 1 is 1.00 bits per heavy atom. The van der Waals surface area contributed by atoms with Crippen molar-refractivity contribution in [2.75, 3.05) is 11.9 Å². The molecule has 8 heteroatoms. The largest absolute Gasteiger partial charge is 0.354 e. The maximum absolute atomic E-state index is 13.9. The monoisotopic (exact) mass is 508 g/mol. The maximum atomic E-state index is 13.9. The standard InChI is InChI=1S/C29H34F2N4O2/c30-22-3-2-20(12-23(22)31)29(6-1-7-29)27(37)34-16-24(32)25-18-10-17-11-19(25)15-28(13-17,14-18)26(36)35-21-4-8-33-9-5-21/h2-5,8-9,12,17-19,24-25H,1,6-7,10-11,13-16,32H2,(H,34,37)(H,33,35,36). The van der Waals surface area contributed by atoms with Crippen LogP contribution in [-0.4, -0.2) is 29.4 Å². The first-order chi connectivity index (χ1) is 17.8. The predicted molar refractivity (Wildman–Crippen MR) is 135 cm³/mol. The van der Waals surface area contributed by atoms with E-state index in [2.05, 4.69) is 15.6 Å². The second-order valence-corrected chi connectivity index (χ2v) is 12.0. The van der Waals surface area contributed by atoms with E-state index < -0.39 is 17.0 Å². The number of aromatic nitrogens is 1. The lowest BCUT2D eigenvalue weighted by molar-refractivity contribution is -0.149. The molecule has 5 fully saturated rings. The number of rotatable bonds is 7. The van der Waals surface area contributed by atoms with Crippen LogP contribution in [0.25, 0.3) is 0 Å². The lowest BCUT2D eigenvalue weighted by Crippen LogP contribution is -2.61. The molecule has 1 aromatic heterocycles. The van der Waals surface area contributed by atoms with Crippen molar-refractivity contribution >= 4 is 17.5 Å². The van der Waals surface area contributed by atoms with Gasteiger partial charge in [-0.1, -0.05) is 12.5 Å². The summed E-state index contributed by atoms with van der Waals surface area (Å²) < 4.78 is 27.4. The van der Waals surface area contributed by atoms with Gasteiger partial charge < -0.3 is 16.4 Å². The van der Waals surface area contributed by atoms with Crippen molar-refractivity contribution in [1.82, 2.24) is 10.3 Å². The van der Waals surface area contributed by atoms with Gasteiger partial charge in [-0.2, -0.15) is 0 Å². The molecule has 3 unspecified atom stereocenters. The Hall–Kier alpha value is -2.87. The highest BCUT2D eigenvalue weighted by Gasteiger charge is 2.59. The van der Waals surface area contributed by atoms with Gasteiger partial charge in [0.15, 0.2) is 11.6 Å². The average molecular weight is 509 g/mol. The van der Waals surface area contributed by atoms with Gasteiger partial charge in [0.25, 0.3) is 0 Å². The summed E-state index contributed by atoms with van der Waals surface area (Å²) in [5, 5.41) is 6.18. The van der Waals surface area contributed by atoms with E-state index in [0.717, 1.165) is 56.3 Å². The van der Waals surface area contributed by atoms with Crippen molar-refractivity contribution in [2.45, 2.75) is 62.8 Å². The van der Waals surface area contributed by atoms with Crippen molar-refractivity contribution in [2.24, 2.45) is 34.8 Å². The molecule has 2 amide bonds. The minimum absolute atomic E-state index is 0.108. The second-order valence-electron chi connectivity index (χ2n) is 12.0. The predicted octanol–water partition coefficient (Wildman–Crippen LogP) is 4.31. The summed E-state index contributed by atoms with van der Waals surface area (Å²) in [6, 6.07) is 7.19. The van der Waals surface area contributed by atoms with Gasteiger partial charge in [0.2, 0.25) is 11.8 Å². The number of nitrogens with zero attached hydrogens (tertiary/aromatic N) is 1. The van der Waals surface area contributed by atoms with Crippen LogP contribution in [0.3, 0.4) is 0 Å². The van der Waals surface area contributed by atoms with Crippen molar-refractivity contribution in [1.29, 1.82) is 0 Å². The first kappa shape index (κ1) is 24.5. The molecule has 1 heterocycles. The molecule has 6 nitrogen and oxygen atoms in total. The average Bonchev–Trinajstić information content (AvgIpc) is 2.84. The van der Waals surface area contributed by atoms with Crippen LogP contribution < -0.4 is 16.4 Å². The molecule has 5 saturated carbocycles. The summed E-state index contributed by atoms with van der Waals surface area (Å²) >= 11 is 0. The van der Waals surface area contributed by atoms with Gasteiger partial charge in [0.1, 0.15) is 0 Å². The molecule has 0 aliphatic heterocycles. The summed E-state index contributed by atoms with van der Waals surface area (Å²) in [5.41, 5.74) is 6.89. The first-order valence-electron chi connectivity index (χ1n) is 13.5. The van der Waals surface area contributed by atoms with E-state index in [0.29, 0.717) is 42.7 Å². The van der Waals surface area contributed by atoms with Gasteiger partial charge in [0, 0.05) is 30.7 Å². The Bertz CT molecular complexity index is 1190. The van der Waals surface area contributed by atoms with Crippen LogP contribution in [0.4, 0.5) is 14.5 Å². The van der Waals surface area contributed by atoms with E-state index in [9.17, 15) is 18.4 Å². The molecular weight excluding hydrogens is 474 g/mol. The SMILES string of the molecule is NC(CNC(=O)C1(c2ccc(F)c(F)c2)CCC1)C1C2CC3CC1CC(C(=O)Nc1ccncc1)(C3)C2. The van der Waals surface area contributed by atoms with Crippen LogP contribution >= 0.6 is 0 Å². The van der Waals surface area contributed by atoms with Crippen LogP contribution in [0.5, 0.6) is 0 Å². The fourth-order valence-electron chi connectivity index (χ4n) is 8.23. The minimum atomic E-state index is -0.927. The van der Waals surface area contributed by atoms with E-state index in [1.807, 2.05) is 12.1 Å². The fourth-order valence-corrected chi connectivity index (χ4v) is 8.23. The Morgan fingerprint density at radius 3 is 2.32 bits per heavy atom. The van der Waals surface area contributed by atoms with Crippen LogP contribution in [0.1, 0.15) is 56.9 Å². The number of nitrogens with one attached hydrogen (secondary N) is 2. The molecule has 4 N–H and O–H groups in total. The van der Waals surface area contributed by atoms with E-state index in [4.69, 9.17) is 5.73 Å². The Labute approximate surface area is 215 Å². The molecule has 0 spiro atoms. The normalized spacial score (nSPS) is 31.9. The number of carbonyl (C=O) groups is 2. The second kappa shape index (κ2) is 9.15. The molecular formula is C29H34F2N4O2. The van der Waals surface area contributed by atoms with E-state index in [1.54, 1.807) is 12.4 Å². The quantitative estimate of drug-likeness (QED) is 0.519. The van der Waals surface area contributed by atoms with E-state index in [1.165, 1.54) is 6.07 Å². The van der Waals surface area contributed by atoms with Crippen LogP contribution in [-0.2, 0) is 15.0 Å². The smallest absolute Gasteiger partial charge is 0.230 e. The van der Waals surface area contributed by atoms with Gasteiger partial charge in [-0.05, 0) is 98.4 Å². The third kappa shape index (κ3) is 4.13. The molecule has 196 valence electrons. The molecule has 4 bridgehead atoms. The zero-order chi connectivity index (χ0) is 25.8. The zero-order valence-corrected chi connectivity index (χ0v) is 20.9. The molecule has 5 aliphatic rings. The van der Waals surface area contributed by atoms with Gasteiger partial charge in [-0.3, -0.25) is 14.6 Å². The fraction of sp³-hybridized carbons (Fsp3) is 0.552. The molecule has 3 atom stereocenters. The summed E-state index contributed by atoms with van der Waals surface area (Å²) in [5.74, 6) is -0.340. The Kier molecular flexibility index (Phi) is 6.05. The molecule has 5 aliphatic carbocycles. The number of anilines is 1. The Balaban J connectivity index is 1.12. The third-order valence-corrected chi connectivity index (χ3v) is 9.87. The topological polar surface area (TPSA) is 97.1 Å². The van der Waals surface area contributed by atoms with Gasteiger partial charge in [-0.15, -0.1) is 0 Å². The Morgan fingerprint density at radius 2 is 1.70 bits per heavy atom. The van der Waals surface area contributed by atoms with Crippen molar-refractivity contribution in [3.63, 3.8) is 0 Å². The lowest BCUT2D eigenvalue weighted by atomic mass is 9.45. The zero-order valence-electron chi connectivity index (χ0n) is 20.9. The lowest BCUT2D eigenvalue weighted by Gasteiger charge is -2.60. The van der Waals surface area contributed by atoms with Crippen LogP contribution in [0.2, 0.25) is 0 Å². The first-order valence-corrected chi connectivity index (χ1v) is 13.5. The van der Waals surface area contributed by atoms with Crippen molar-refractivity contribution in [3.8, 4) is 0 Å². The highest BCUT2D eigenvalue weighted by atomic mass is 19.2. The third-order valence-electron chi connectivity index (χ3n) is 9.87. The number of nitrogens with two attached hydrogens (primary N) is 1. The maximum Gasteiger partial charge on any atom is 0.230 e. The molecule has 2 aromatic rings. The summed E-state index contributed by atoms with van der Waals surface area (Å²) in [7, 11) is 0. The number of hydrogen-bond acceptors (Lipinski definition) is 4. The number of pyridine rings is 1. The van der Waals surface area contributed by atoms with Gasteiger partial charge >= 0.3 is 0 Å². The highest BCUT2D eigenvalue weighted by molar-refractivity contribution is 5.95. The van der Waals surface area contributed by atoms with E-state index in [-0.39, 0.29) is 29.2 Å². The van der Waals surface area contributed by atoms with Gasteiger partial charge in [-0.25, -0.2) is 8.78 Å². The molecule has 7 rings (SSSR count). The number of benzene rings is 1. The molecule has 37 heavy (non-hydrogen) atoms. The van der Waals surface area contributed by atoms with Crippen molar-refractivity contribution < 1.29 is 18.4 Å². The summed E-state index contributed by atoms with van der Waals surface area (Å²) in [6.07, 6.45) is 10.2. The van der Waals surface area contributed by atoms with E-state index >= 15 is 0 Å². The highest BCUT2D eigenvalue weighted by Crippen LogP contribution is 2.63. The number of amides is 2. The van der Waals surface area contributed by atoms with Crippen LogP contribution in [0, 0.1) is 40.7 Å². The number of hydrogen-bond donors (Lipinski definition) is 3. The minimum Gasteiger partial charge on any atom is -0.354 e. The molecule has 0 radical (unpaired) electrons. The molecule has 0 saturated heterocycles.